The van der Waals surface area contributed by atoms with Gasteiger partial charge in [0.05, 0.1) is 20.1 Å². The number of anilines is 2. The predicted octanol–water partition coefficient (Wildman–Crippen LogP) is 3.89. The minimum Gasteiger partial charge on any atom is -0.493 e. The van der Waals surface area contributed by atoms with Gasteiger partial charge in [-0.05, 0) is 43.5 Å². The number of piperidine rings is 1. The fraction of sp³-hybridized carbons (Fsp3) is 0.364. The normalized spacial score (nSPS) is 16.1. The maximum absolute atomic E-state index is 12.9. The van der Waals surface area contributed by atoms with Gasteiger partial charge in [-0.2, -0.15) is 0 Å². The van der Waals surface area contributed by atoms with Crippen LogP contribution >= 0.6 is 0 Å². The number of rotatable bonds is 5. The highest BCUT2D eigenvalue weighted by Crippen LogP contribution is 2.33. The molecule has 1 aliphatic rings. The lowest BCUT2D eigenvalue weighted by molar-refractivity contribution is -0.121. The van der Waals surface area contributed by atoms with Gasteiger partial charge < -0.3 is 25.0 Å². The zero-order valence-corrected chi connectivity index (χ0v) is 17.0. The largest absolute Gasteiger partial charge is 0.493 e. The van der Waals surface area contributed by atoms with Gasteiger partial charge in [-0.3, -0.25) is 4.79 Å². The summed E-state index contributed by atoms with van der Waals surface area (Å²) in [5.74, 6) is 0.806. The summed E-state index contributed by atoms with van der Waals surface area (Å²) in [7, 11) is 3.13. The van der Waals surface area contributed by atoms with Crippen LogP contribution in [-0.2, 0) is 4.79 Å². The van der Waals surface area contributed by atoms with Crippen molar-refractivity contribution in [2.24, 2.45) is 5.92 Å². The number of hydrogen-bond donors (Lipinski definition) is 2. The molecule has 2 aromatic rings. The Bertz CT molecular complexity index is 870. The van der Waals surface area contributed by atoms with Gasteiger partial charge in [0.15, 0.2) is 11.5 Å². The van der Waals surface area contributed by atoms with E-state index in [-0.39, 0.29) is 17.9 Å². The van der Waals surface area contributed by atoms with Crippen LogP contribution in [0.25, 0.3) is 0 Å². The van der Waals surface area contributed by atoms with E-state index in [4.69, 9.17) is 9.47 Å². The summed E-state index contributed by atoms with van der Waals surface area (Å²) in [6.45, 7) is 2.92. The Hall–Kier alpha value is -3.22. The Labute approximate surface area is 171 Å². The topological polar surface area (TPSA) is 79.9 Å². The number of para-hydroxylation sites is 1. The Kier molecular flexibility index (Phi) is 6.59. The van der Waals surface area contributed by atoms with Gasteiger partial charge in [-0.1, -0.05) is 18.2 Å². The number of carbonyl (C=O) groups is 2. The molecule has 0 aromatic heterocycles. The van der Waals surface area contributed by atoms with Gasteiger partial charge >= 0.3 is 6.03 Å². The molecule has 1 atom stereocenters. The molecule has 1 fully saturated rings. The Morgan fingerprint density at radius 1 is 1.03 bits per heavy atom. The van der Waals surface area contributed by atoms with Crippen LogP contribution in [-0.4, -0.2) is 44.1 Å². The number of amides is 3. The Balaban J connectivity index is 1.65. The molecule has 1 unspecified atom stereocenters. The van der Waals surface area contributed by atoms with Crippen LogP contribution in [0, 0.1) is 12.8 Å². The lowest BCUT2D eigenvalue weighted by atomic mass is 9.97. The first kappa shape index (κ1) is 20.5. The van der Waals surface area contributed by atoms with E-state index in [2.05, 4.69) is 10.6 Å². The van der Waals surface area contributed by atoms with Crippen molar-refractivity contribution in [2.45, 2.75) is 19.8 Å². The fourth-order valence-corrected chi connectivity index (χ4v) is 3.45. The first-order chi connectivity index (χ1) is 14.0. The second-order valence-electron chi connectivity index (χ2n) is 7.09. The maximum Gasteiger partial charge on any atom is 0.321 e. The van der Waals surface area contributed by atoms with Crippen molar-refractivity contribution in [1.82, 2.24) is 4.90 Å². The molecular formula is C22H27N3O4. The van der Waals surface area contributed by atoms with Crippen LogP contribution in [0.2, 0.25) is 0 Å². The molecule has 3 amide bonds. The van der Waals surface area contributed by atoms with Crippen LogP contribution < -0.4 is 20.1 Å². The fourth-order valence-electron chi connectivity index (χ4n) is 3.45. The molecule has 1 heterocycles. The van der Waals surface area contributed by atoms with Gasteiger partial charge in [-0.25, -0.2) is 4.79 Å². The molecular weight excluding hydrogens is 370 g/mol. The summed E-state index contributed by atoms with van der Waals surface area (Å²) in [6, 6.07) is 12.7. The van der Waals surface area contributed by atoms with Crippen molar-refractivity contribution in [2.75, 3.05) is 37.9 Å². The van der Waals surface area contributed by atoms with Crippen LogP contribution in [0.1, 0.15) is 18.4 Å². The molecule has 0 aliphatic carbocycles. The molecule has 2 aromatic carbocycles. The van der Waals surface area contributed by atoms with E-state index in [0.717, 1.165) is 24.1 Å². The highest BCUT2D eigenvalue weighted by molar-refractivity contribution is 5.95. The summed E-state index contributed by atoms with van der Waals surface area (Å²) >= 11 is 0. The maximum atomic E-state index is 12.9. The molecule has 0 saturated carbocycles. The van der Waals surface area contributed by atoms with E-state index >= 15 is 0 Å². The number of methoxy groups -OCH3 is 2. The van der Waals surface area contributed by atoms with Crippen molar-refractivity contribution < 1.29 is 19.1 Å². The molecule has 1 aliphatic heterocycles. The average Bonchev–Trinajstić information content (AvgIpc) is 2.75. The summed E-state index contributed by atoms with van der Waals surface area (Å²) in [4.78, 5) is 27.1. The van der Waals surface area contributed by atoms with Gasteiger partial charge in [0.25, 0.3) is 0 Å². The molecule has 7 nitrogen and oxygen atoms in total. The third-order valence-corrected chi connectivity index (χ3v) is 5.09. The number of hydrogen-bond acceptors (Lipinski definition) is 4. The smallest absolute Gasteiger partial charge is 0.321 e. The highest BCUT2D eigenvalue weighted by Gasteiger charge is 2.29. The number of aryl methyl sites for hydroxylation is 1. The number of likely N-dealkylation sites (tertiary alicyclic amines) is 1. The van der Waals surface area contributed by atoms with Gasteiger partial charge in [-0.15, -0.1) is 0 Å². The highest BCUT2D eigenvalue weighted by atomic mass is 16.5. The van der Waals surface area contributed by atoms with Crippen molar-refractivity contribution in [3.05, 3.63) is 48.0 Å². The lowest BCUT2D eigenvalue weighted by Gasteiger charge is -2.32. The van der Waals surface area contributed by atoms with Crippen molar-refractivity contribution in [1.29, 1.82) is 0 Å². The first-order valence-corrected chi connectivity index (χ1v) is 9.66. The van der Waals surface area contributed by atoms with Crippen molar-refractivity contribution in [3.8, 4) is 11.5 Å². The summed E-state index contributed by atoms with van der Waals surface area (Å²) in [5, 5.41) is 5.86. The monoisotopic (exact) mass is 397 g/mol. The number of nitrogens with zero attached hydrogens (tertiary/aromatic N) is 1. The summed E-state index contributed by atoms with van der Waals surface area (Å²) < 4.78 is 10.6. The van der Waals surface area contributed by atoms with Crippen LogP contribution in [0.15, 0.2) is 42.5 Å². The molecule has 29 heavy (non-hydrogen) atoms. The molecule has 0 radical (unpaired) electrons. The number of benzene rings is 2. The zero-order chi connectivity index (χ0) is 20.8. The minimum atomic E-state index is -0.266. The lowest BCUT2D eigenvalue weighted by Crippen LogP contribution is -2.45. The van der Waals surface area contributed by atoms with E-state index in [1.165, 1.54) is 0 Å². The molecule has 2 N–H and O–H groups in total. The van der Waals surface area contributed by atoms with Crippen molar-refractivity contribution in [3.63, 3.8) is 0 Å². The molecule has 7 heteroatoms. The number of urea groups is 1. The van der Waals surface area contributed by atoms with Crippen molar-refractivity contribution >= 4 is 23.3 Å². The molecule has 3 rings (SSSR count). The van der Waals surface area contributed by atoms with Gasteiger partial charge in [0.1, 0.15) is 0 Å². The predicted molar refractivity (Wildman–Crippen MR) is 113 cm³/mol. The van der Waals surface area contributed by atoms with E-state index in [9.17, 15) is 9.59 Å². The summed E-state index contributed by atoms with van der Waals surface area (Å²) in [5.41, 5.74) is 2.30. The molecule has 0 spiro atoms. The van der Waals surface area contributed by atoms with E-state index < -0.39 is 0 Å². The third-order valence-electron chi connectivity index (χ3n) is 5.09. The molecule has 0 bridgehead atoms. The minimum absolute atomic E-state index is 0.0995. The first-order valence-electron chi connectivity index (χ1n) is 9.66. The number of nitrogens with one attached hydrogen (secondary N) is 2. The number of carbonyl (C=O) groups excluding carboxylic acids is 2. The molecule has 154 valence electrons. The van der Waals surface area contributed by atoms with E-state index in [1.54, 1.807) is 25.2 Å². The SMILES string of the molecule is COc1cc(C)c(NC(=O)C2CCCN(C(=O)Nc3ccccc3)C2)cc1OC. The Morgan fingerprint density at radius 2 is 1.72 bits per heavy atom. The van der Waals surface area contributed by atoms with Crippen LogP contribution in [0.5, 0.6) is 11.5 Å². The van der Waals surface area contributed by atoms with Crippen LogP contribution in [0.4, 0.5) is 16.2 Å². The molecule has 1 saturated heterocycles. The standard InChI is InChI=1S/C22H27N3O4/c1-15-12-19(28-2)20(29-3)13-18(15)24-21(26)16-8-7-11-25(14-16)22(27)23-17-9-5-4-6-10-17/h4-6,9-10,12-13,16H,7-8,11,14H2,1-3H3,(H,23,27)(H,24,26). The van der Waals surface area contributed by atoms with E-state index in [1.807, 2.05) is 43.3 Å². The third kappa shape index (κ3) is 4.99. The quantitative estimate of drug-likeness (QED) is 0.802. The Morgan fingerprint density at radius 3 is 2.41 bits per heavy atom. The number of ether oxygens (including phenoxy) is 2. The van der Waals surface area contributed by atoms with Gasteiger partial charge in [0.2, 0.25) is 5.91 Å². The van der Waals surface area contributed by atoms with Gasteiger partial charge in [0, 0.05) is 30.5 Å². The van der Waals surface area contributed by atoms with E-state index in [0.29, 0.717) is 30.3 Å². The zero-order valence-electron chi connectivity index (χ0n) is 17.0. The van der Waals surface area contributed by atoms with Crippen LogP contribution in [0.3, 0.4) is 0 Å². The second-order valence-corrected chi connectivity index (χ2v) is 7.09. The average molecular weight is 397 g/mol. The summed E-state index contributed by atoms with van der Waals surface area (Å²) in [6.07, 6.45) is 1.53. The second kappa shape index (κ2) is 9.32.